The van der Waals surface area contributed by atoms with E-state index < -0.39 is 0 Å². The minimum Gasteiger partial charge on any atom is -0.483 e. The first-order chi connectivity index (χ1) is 11.7. The van der Waals surface area contributed by atoms with Gasteiger partial charge in [-0.3, -0.25) is 4.79 Å². The molecule has 1 aliphatic rings. The van der Waals surface area contributed by atoms with E-state index in [1.165, 1.54) is 5.56 Å². The van der Waals surface area contributed by atoms with Crippen LogP contribution in [0, 0.1) is 0 Å². The number of para-hydroxylation sites is 1. The lowest BCUT2D eigenvalue weighted by atomic mass is 10.1. The molecule has 0 fully saturated rings. The molecule has 3 nitrogen and oxygen atoms in total. The minimum atomic E-state index is 0.000356. The standard InChI is InChI=1S/C21H19NO2/c1-15-13-17-8-3-5-11-19(17)22(15)21(23)14-24-20-12-6-9-16-7-2-4-10-18(16)20/h2-12,15H,13-14H2,1H3. The van der Waals surface area contributed by atoms with Gasteiger partial charge in [-0.2, -0.15) is 0 Å². The smallest absolute Gasteiger partial charge is 0.265 e. The maximum Gasteiger partial charge on any atom is 0.265 e. The third kappa shape index (κ3) is 2.52. The maximum atomic E-state index is 12.7. The fraction of sp³-hybridized carbons (Fsp3) is 0.190. The van der Waals surface area contributed by atoms with Gasteiger partial charge in [-0.15, -0.1) is 0 Å². The predicted octanol–water partition coefficient (Wildman–Crippen LogP) is 4.20. The van der Waals surface area contributed by atoms with Crippen molar-refractivity contribution in [3.8, 4) is 5.75 Å². The van der Waals surface area contributed by atoms with Crippen LogP contribution in [-0.4, -0.2) is 18.6 Å². The molecule has 0 saturated carbocycles. The third-order valence-electron chi connectivity index (χ3n) is 4.58. The highest BCUT2D eigenvalue weighted by Crippen LogP contribution is 2.32. The molecule has 0 aromatic heterocycles. The summed E-state index contributed by atoms with van der Waals surface area (Å²) in [4.78, 5) is 14.6. The SMILES string of the molecule is CC1Cc2ccccc2N1C(=O)COc1cccc2ccccc12. The summed E-state index contributed by atoms with van der Waals surface area (Å²) in [6.07, 6.45) is 0.899. The van der Waals surface area contributed by atoms with E-state index in [1.54, 1.807) is 0 Å². The first-order valence-corrected chi connectivity index (χ1v) is 8.24. The minimum absolute atomic E-state index is 0.000356. The van der Waals surface area contributed by atoms with Crippen molar-refractivity contribution in [2.75, 3.05) is 11.5 Å². The molecule has 0 radical (unpaired) electrons. The number of carbonyl (C=O) groups is 1. The Morgan fingerprint density at radius 1 is 1.04 bits per heavy atom. The van der Waals surface area contributed by atoms with Crippen molar-refractivity contribution in [2.24, 2.45) is 0 Å². The highest BCUT2D eigenvalue weighted by atomic mass is 16.5. The summed E-state index contributed by atoms with van der Waals surface area (Å²) in [7, 11) is 0. The molecule has 1 unspecified atom stereocenters. The average Bonchev–Trinajstić information content (AvgIpc) is 2.95. The van der Waals surface area contributed by atoms with Crippen molar-refractivity contribution in [1.82, 2.24) is 0 Å². The Bertz CT molecular complexity index is 898. The molecule has 3 aromatic rings. The molecule has 1 amide bonds. The molecule has 0 N–H and O–H groups in total. The number of nitrogens with zero attached hydrogens (tertiary/aromatic N) is 1. The van der Waals surface area contributed by atoms with Gasteiger partial charge < -0.3 is 9.64 Å². The third-order valence-corrected chi connectivity index (χ3v) is 4.58. The number of rotatable bonds is 3. The van der Waals surface area contributed by atoms with Crippen molar-refractivity contribution in [3.05, 3.63) is 72.3 Å². The van der Waals surface area contributed by atoms with Gasteiger partial charge in [0.25, 0.3) is 5.91 Å². The Morgan fingerprint density at radius 2 is 1.79 bits per heavy atom. The first kappa shape index (κ1) is 14.8. The number of benzene rings is 3. The van der Waals surface area contributed by atoms with Crippen molar-refractivity contribution in [3.63, 3.8) is 0 Å². The molecule has 3 aromatic carbocycles. The van der Waals surface area contributed by atoms with E-state index in [4.69, 9.17) is 4.74 Å². The molecule has 0 bridgehead atoms. The van der Waals surface area contributed by atoms with Gasteiger partial charge >= 0.3 is 0 Å². The number of anilines is 1. The Morgan fingerprint density at radius 3 is 2.71 bits per heavy atom. The molecule has 1 atom stereocenters. The number of ether oxygens (including phenoxy) is 1. The Labute approximate surface area is 141 Å². The van der Waals surface area contributed by atoms with Crippen molar-refractivity contribution in [1.29, 1.82) is 0 Å². The molecular formula is C21H19NO2. The monoisotopic (exact) mass is 317 g/mol. The van der Waals surface area contributed by atoms with Crippen LogP contribution < -0.4 is 9.64 Å². The number of carbonyl (C=O) groups excluding carboxylic acids is 1. The van der Waals surface area contributed by atoms with Gasteiger partial charge in [0.2, 0.25) is 0 Å². The first-order valence-electron chi connectivity index (χ1n) is 8.24. The van der Waals surface area contributed by atoms with Crippen molar-refractivity contribution in [2.45, 2.75) is 19.4 Å². The van der Waals surface area contributed by atoms with Crippen molar-refractivity contribution < 1.29 is 9.53 Å². The van der Waals surface area contributed by atoms with Crippen LogP contribution in [0.3, 0.4) is 0 Å². The van der Waals surface area contributed by atoms with E-state index in [-0.39, 0.29) is 18.6 Å². The second kappa shape index (κ2) is 6.00. The summed E-state index contributed by atoms with van der Waals surface area (Å²) in [5.74, 6) is 0.752. The van der Waals surface area contributed by atoms with Crippen LogP contribution in [-0.2, 0) is 11.2 Å². The molecule has 4 rings (SSSR count). The van der Waals surface area contributed by atoms with Gasteiger partial charge in [-0.1, -0.05) is 54.6 Å². The zero-order valence-electron chi connectivity index (χ0n) is 13.6. The van der Waals surface area contributed by atoms with Gasteiger partial charge in [0.15, 0.2) is 6.61 Å². The highest BCUT2D eigenvalue weighted by Gasteiger charge is 2.30. The van der Waals surface area contributed by atoms with E-state index in [0.29, 0.717) is 0 Å². The molecular weight excluding hydrogens is 298 g/mol. The Balaban J connectivity index is 1.55. The van der Waals surface area contributed by atoms with Gasteiger partial charge in [-0.05, 0) is 36.4 Å². The molecule has 0 saturated heterocycles. The summed E-state index contributed by atoms with van der Waals surface area (Å²) in [5.41, 5.74) is 2.24. The van der Waals surface area contributed by atoms with Gasteiger partial charge in [0, 0.05) is 17.1 Å². The summed E-state index contributed by atoms with van der Waals surface area (Å²) >= 11 is 0. The Hall–Kier alpha value is -2.81. The van der Waals surface area contributed by atoms with Gasteiger partial charge in [-0.25, -0.2) is 0 Å². The fourth-order valence-electron chi connectivity index (χ4n) is 3.48. The van der Waals surface area contributed by atoms with E-state index in [2.05, 4.69) is 13.0 Å². The average molecular weight is 317 g/mol. The zero-order chi connectivity index (χ0) is 16.5. The second-order valence-electron chi connectivity index (χ2n) is 6.21. The largest absolute Gasteiger partial charge is 0.483 e. The molecule has 120 valence electrons. The van der Waals surface area contributed by atoms with E-state index >= 15 is 0 Å². The Kier molecular flexibility index (Phi) is 3.69. The summed E-state index contributed by atoms with van der Waals surface area (Å²) in [6, 6.07) is 22.2. The van der Waals surface area contributed by atoms with Crippen LogP contribution in [0.1, 0.15) is 12.5 Å². The maximum absolute atomic E-state index is 12.7. The van der Waals surface area contributed by atoms with Crippen LogP contribution in [0.2, 0.25) is 0 Å². The van der Waals surface area contributed by atoms with Crippen LogP contribution in [0.25, 0.3) is 10.8 Å². The quantitative estimate of drug-likeness (QED) is 0.724. The lowest BCUT2D eigenvalue weighted by Gasteiger charge is -2.23. The molecule has 0 spiro atoms. The lowest BCUT2D eigenvalue weighted by Crippen LogP contribution is -2.39. The number of hydrogen-bond acceptors (Lipinski definition) is 2. The summed E-state index contributed by atoms with van der Waals surface area (Å²) in [5, 5.41) is 2.14. The molecule has 1 aliphatic heterocycles. The number of amides is 1. The summed E-state index contributed by atoms with van der Waals surface area (Å²) in [6.45, 7) is 2.13. The van der Waals surface area contributed by atoms with Crippen LogP contribution >= 0.6 is 0 Å². The van der Waals surface area contributed by atoms with Crippen molar-refractivity contribution >= 4 is 22.4 Å². The number of hydrogen-bond donors (Lipinski definition) is 0. The highest BCUT2D eigenvalue weighted by molar-refractivity contribution is 5.97. The van der Waals surface area contributed by atoms with E-state index in [1.807, 2.05) is 65.6 Å². The molecule has 0 aliphatic carbocycles. The summed E-state index contributed by atoms with van der Waals surface area (Å²) < 4.78 is 5.87. The topological polar surface area (TPSA) is 29.5 Å². The predicted molar refractivity (Wildman–Crippen MR) is 96.5 cm³/mol. The molecule has 3 heteroatoms. The molecule has 24 heavy (non-hydrogen) atoms. The zero-order valence-corrected chi connectivity index (χ0v) is 13.6. The number of fused-ring (bicyclic) bond motifs is 2. The van der Waals surface area contributed by atoms with Crippen LogP contribution in [0.4, 0.5) is 5.69 Å². The van der Waals surface area contributed by atoms with Crippen LogP contribution in [0.5, 0.6) is 5.75 Å². The van der Waals surface area contributed by atoms with E-state index in [9.17, 15) is 4.79 Å². The van der Waals surface area contributed by atoms with Gasteiger partial charge in [0.1, 0.15) is 5.75 Å². The van der Waals surface area contributed by atoms with Gasteiger partial charge in [0.05, 0.1) is 0 Å². The lowest BCUT2D eigenvalue weighted by molar-refractivity contribution is -0.120. The van der Waals surface area contributed by atoms with E-state index in [0.717, 1.165) is 28.6 Å². The molecule has 1 heterocycles. The fourth-order valence-corrected chi connectivity index (χ4v) is 3.48. The normalized spacial score (nSPS) is 16.2. The van der Waals surface area contributed by atoms with Crippen LogP contribution in [0.15, 0.2) is 66.7 Å². The second-order valence-corrected chi connectivity index (χ2v) is 6.21.